The number of fused-ring (bicyclic) bond motifs is 1. The van der Waals surface area contributed by atoms with Gasteiger partial charge in [0, 0.05) is 0 Å². The first-order valence-electron chi connectivity index (χ1n) is 4.62. The van der Waals surface area contributed by atoms with Crippen molar-refractivity contribution in [3.8, 4) is 11.1 Å². The molecule has 4 heteroatoms. The first-order chi connectivity index (χ1) is 7.43. The molecular formula is C11H7BNOS. The third-order valence-corrected chi connectivity index (χ3v) is 3.06. The maximum atomic E-state index is 4.87. The van der Waals surface area contributed by atoms with Crippen molar-refractivity contribution in [1.82, 2.24) is 0 Å². The van der Waals surface area contributed by atoms with Crippen LogP contribution < -0.4 is 5.46 Å². The van der Waals surface area contributed by atoms with Crippen molar-refractivity contribution in [2.45, 2.75) is 0 Å². The second-order valence-electron chi connectivity index (χ2n) is 3.31. The van der Waals surface area contributed by atoms with Crippen molar-refractivity contribution in [3.05, 3.63) is 40.6 Å². The normalized spacial score (nSPS) is 12.8. The van der Waals surface area contributed by atoms with Gasteiger partial charge in [0.1, 0.15) is 0 Å². The molecule has 0 atom stereocenters. The van der Waals surface area contributed by atoms with Crippen molar-refractivity contribution in [3.63, 3.8) is 0 Å². The smallest absolute Gasteiger partial charge is 0.449 e. The van der Waals surface area contributed by atoms with Gasteiger partial charge in [0.15, 0.2) is 0 Å². The van der Waals surface area contributed by atoms with Crippen LogP contribution in [-0.4, -0.2) is 13.7 Å². The average molecular weight is 212 g/mol. The number of thiophene rings is 1. The fourth-order valence-electron chi connectivity index (χ4n) is 1.58. The number of nitrogens with zero attached hydrogens (tertiary/aromatic N) is 1. The van der Waals surface area contributed by atoms with E-state index < -0.39 is 0 Å². The van der Waals surface area contributed by atoms with Crippen LogP contribution in [0.15, 0.2) is 40.2 Å². The quantitative estimate of drug-likeness (QED) is 0.662. The number of hydrogen-bond donors (Lipinski definition) is 0. The summed E-state index contributed by atoms with van der Waals surface area (Å²) in [6.07, 6.45) is 1.74. The minimum absolute atomic E-state index is 1.07. The van der Waals surface area contributed by atoms with E-state index in [4.69, 9.17) is 4.76 Å². The van der Waals surface area contributed by atoms with Crippen molar-refractivity contribution in [1.29, 1.82) is 0 Å². The van der Waals surface area contributed by atoms with Crippen LogP contribution in [0.4, 0.5) is 0 Å². The van der Waals surface area contributed by atoms with Gasteiger partial charge in [-0.25, -0.2) is 0 Å². The Morgan fingerprint density at radius 3 is 3.07 bits per heavy atom. The van der Waals surface area contributed by atoms with Crippen LogP contribution in [0.3, 0.4) is 0 Å². The van der Waals surface area contributed by atoms with E-state index in [1.54, 1.807) is 25.0 Å². The Morgan fingerprint density at radius 2 is 2.20 bits per heavy atom. The minimum Gasteiger partial charge on any atom is -0.468 e. The van der Waals surface area contributed by atoms with Gasteiger partial charge < -0.3 is 4.76 Å². The van der Waals surface area contributed by atoms with Gasteiger partial charge >= 0.3 is 7.48 Å². The van der Waals surface area contributed by atoms with Gasteiger partial charge in [-0.2, -0.15) is 11.3 Å². The third-order valence-electron chi connectivity index (χ3n) is 2.37. The van der Waals surface area contributed by atoms with Crippen LogP contribution >= 0.6 is 11.3 Å². The lowest BCUT2D eigenvalue weighted by Gasteiger charge is -2.09. The molecule has 71 valence electrons. The van der Waals surface area contributed by atoms with Crippen molar-refractivity contribution in [2.24, 2.45) is 5.16 Å². The molecule has 0 N–H and O–H groups in total. The summed E-state index contributed by atoms with van der Waals surface area (Å²) in [5, 5.41) is 7.99. The zero-order valence-corrected chi connectivity index (χ0v) is 8.70. The van der Waals surface area contributed by atoms with E-state index in [1.807, 2.05) is 6.07 Å². The van der Waals surface area contributed by atoms with Gasteiger partial charge in [0.2, 0.25) is 0 Å². The Bertz CT molecular complexity index is 507. The largest absolute Gasteiger partial charge is 0.468 e. The summed E-state index contributed by atoms with van der Waals surface area (Å²) in [5.74, 6) is 0. The first-order valence-corrected chi connectivity index (χ1v) is 5.57. The van der Waals surface area contributed by atoms with Crippen molar-refractivity contribution in [2.75, 3.05) is 0 Å². The zero-order chi connectivity index (χ0) is 10.1. The van der Waals surface area contributed by atoms with Crippen LogP contribution in [-0.2, 0) is 4.76 Å². The predicted octanol–water partition coefficient (Wildman–Crippen LogP) is 2.02. The molecule has 3 rings (SSSR count). The molecule has 15 heavy (non-hydrogen) atoms. The summed E-state index contributed by atoms with van der Waals surface area (Å²) in [6, 6.07) is 8.39. The molecule has 1 radical (unpaired) electrons. The third kappa shape index (κ3) is 1.57. The van der Waals surface area contributed by atoms with Gasteiger partial charge in [-0.3, -0.25) is 0 Å². The summed E-state index contributed by atoms with van der Waals surface area (Å²) in [6.45, 7) is 0. The Morgan fingerprint density at radius 1 is 1.20 bits per heavy atom. The Labute approximate surface area is 92.5 Å². The number of oxime groups is 1. The molecule has 0 amide bonds. The van der Waals surface area contributed by atoms with Gasteiger partial charge in [-0.15, -0.1) is 5.16 Å². The summed E-state index contributed by atoms with van der Waals surface area (Å²) < 4.78 is 4.87. The zero-order valence-electron chi connectivity index (χ0n) is 7.88. The molecule has 2 aromatic rings. The second-order valence-corrected chi connectivity index (χ2v) is 4.09. The fraction of sp³-hybridized carbons (Fsp3) is 0. The Kier molecular flexibility index (Phi) is 2.07. The highest BCUT2D eigenvalue weighted by atomic mass is 32.1. The molecule has 1 aromatic carbocycles. The Hall–Kier alpha value is -1.55. The van der Waals surface area contributed by atoms with E-state index in [-0.39, 0.29) is 0 Å². The molecule has 0 saturated heterocycles. The molecule has 2 nitrogen and oxygen atoms in total. The number of benzene rings is 1. The lowest BCUT2D eigenvalue weighted by Crippen LogP contribution is -2.23. The lowest BCUT2D eigenvalue weighted by molar-refractivity contribution is 0.370. The van der Waals surface area contributed by atoms with Crippen LogP contribution in [0.2, 0.25) is 0 Å². The highest BCUT2D eigenvalue weighted by Gasteiger charge is 2.10. The Balaban J connectivity index is 2.10. The first kappa shape index (κ1) is 8.74. The van der Waals surface area contributed by atoms with Crippen LogP contribution in [0.1, 0.15) is 5.56 Å². The summed E-state index contributed by atoms with van der Waals surface area (Å²) in [4.78, 5) is 0. The highest BCUT2D eigenvalue weighted by molar-refractivity contribution is 7.08. The SMILES string of the molecule is [B]1ON=Cc2cc(-c3ccsc3)ccc21. The molecule has 1 aliphatic heterocycles. The van der Waals surface area contributed by atoms with E-state index in [0.29, 0.717) is 0 Å². The summed E-state index contributed by atoms with van der Waals surface area (Å²) >= 11 is 1.71. The van der Waals surface area contributed by atoms with Crippen LogP contribution in [0.5, 0.6) is 0 Å². The van der Waals surface area contributed by atoms with Gasteiger partial charge in [-0.05, 0) is 45.0 Å². The molecule has 1 aromatic heterocycles. The van der Waals surface area contributed by atoms with Crippen LogP contribution in [0.25, 0.3) is 11.1 Å². The highest BCUT2D eigenvalue weighted by Crippen LogP contribution is 2.22. The van der Waals surface area contributed by atoms with Gasteiger partial charge in [0.25, 0.3) is 0 Å². The van der Waals surface area contributed by atoms with Crippen LogP contribution in [0, 0.1) is 0 Å². The maximum Gasteiger partial charge on any atom is 0.449 e. The minimum atomic E-state index is 1.07. The summed E-state index contributed by atoms with van der Waals surface area (Å²) in [5.41, 5.74) is 4.65. The molecule has 0 spiro atoms. The second kappa shape index (κ2) is 3.55. The average Bonchev–Trinajstić information content (AvgIpc) is 2.82. The van der Waals surface area contributed by atoms with E-state index in [0.717, 1.165) is 11.0 Å². The molecule has 2 heterocycles. The van der Waals surface area contributed by atoms with Gasteiger partial charge in [-0.1, -0.05) is 12.1 Å². The topological polar surface area (TPSA) is 21.6 Å². The monoisotopic (exact) mass is 212 g/mol. The van der Waals surface area contributed by atoms with Gasteiger partial charge in [0.05, 0.1) is 6.21 Å². The van der Waals surface area contributed by atoms with E-state index in [9.17, 15) is 0 Å². The lowest BCUT2D eigenvalue weighted by atomic mass is 9.82. The molecule has 0 bridgehead atoms. The standard InChI is InChI=1S/C11H7BNOS/c1-2-11-10(6-13-14-12-11)5-8(1)9-3-4-15-7-9/h1-7H. The predicted molar refractivity (Wildman–Crippen MR) is 63.8 cm³/mol. The van der Waals surface area contributed by atoms with E-state index >= 15 is 0 Å². The molecule has 0 fully saturated rings. The molecule has 0 unspecified atom stereocenters. The molecular weight excluding hydrogens is 205 g/mol. The molecule has 0 aliphatic carbocycles. The molecule has 0 saturated carbocycles. The summed E-state index contributed by atoms with van der Waals surface area (Å²) in [7, 11) is 1.66. The van der Waals surface area contributed by atoms with Crippen molar-refractivity contribution < 1.29 is 4.76 Å². The van der Waals surface area contributed by atoms with E-state index in [1.165, 1.54) is 11.1 Å². The number of hydrogen-bond acceptors (Lipinski definition) is 3. The van der Waals surface area contributed by atoms with Crippen molar-refractivity contribution >= 4 is 30.5 Å². The fourth-order valence-corrected chi connectivity index (χ4v) is 2.24. The van der Waals surface area contributed by atoms with E-state index in [2.05, 4.69) is 34.1 Å². The number of rotatable bonds is 1. The maximum absolute atomic E-state index is 4.87. The molecule has 1 aliphatic rings.